The van der Waals surface area contributed by atoms with E-state index < -0.39 is 0 Å². The predicted octanol–water partition coefficient (Wildman–Crippen LogP) is 2.96. The van der Waals surface area contributed by atoms with Crippen LogP contribution in [-0.4, -0.2) is 41.9 Å². The van der Waals surface area contributed by atoms with E-state index in [0.29, 0.717) is 19.0 Å². The number of carbonyl (C=O) groups excluding carboxylic acids is 1. The van der Waals surface area contributed by atoms with E-state index in [4.69, 9.17) is 9.84 Å². The van der Waals surface area contributed by atoms with Crippen molar-refractivity contribution in [3.8, 4) is 22.7 Å². The van der Waals surface area contributed by atoms with E-state index in [2.05, 4.69) is 10.6 Å². The highest BCUT2D eigenvalue weighted by Crippen LogP contribution is 2.26. The Hall–Kier alpha value is -3.12. The van der Waals surface area contributed by atoms with Crippen LogP contribution in [0.1, 0.15) is 18.4 Å². The van der Waals surface area contributed by atoms with Gasteiger partial charge in [-0.3, -0.25) is 4.79 Å². The highest BCUT2D eigenvalue weighted by molar-refractivity contribution is 5.81. The largest absolute Gasteiger partial charge is 0.497 e. The zero-order chi connectivity index (χ0) is 20.1. The van der Waals surface area contributed by atoms with Crippen LogP contribution in [0.25, 0.3) is 16.9 Å². The van der Waals surface area contributed by atoms with Gasteiger partial charge in [0.2, 0.25) is 5.91 Å². The van der Waals surface area contributed by atoms with Crippen LogP contribution in [0.2, 0.25) is 0 Å². The summed E-state index contributed by atoms with van der Waals surface area (Å²) in [6, 6.07) is 18.1. The van der Waals surface area contributed by atoms with Crippen LogP contribution < -0.4 is 15.4 Å². The molecule has 6 heteroatoms. The Kier molecular flexibility index (Phi) is 5.91. The van der Waals surface area contributed by atoms with Gasteiger partial charge in [-0.25, -0.2) is 4.68 Å². The lowest BCUT2D eigenvalue weighted by Crippen LogP contribution is -2.37. The molecule has 1 amide bonds. The number of hydrogen-bond donors (Lipinski definition) is 2. The molecule has 0 aliphatic carbocycles. The first kappa shape index (κ1) is 19.2. The monoisotopic (exact) mass is 390 g/mol. The molecule has 1 fully saturated rings. The summed E-state index contributed by atoms with van der Waals surface area (Å²) in [5.74, 6) is 0.806. The van der Waals surface area contributed by atoms with E-state index >= 15 is 0 Å². The molecule has 2 N–H and O–H groups in total. The fourth-order valence-corrected chi connectivity index (χ4v) is 3.65. The number of para-hydroxylation sites is 1. The van der Waals surface area contributed by atoms with Crippen LogP contribution in [0, 0.1) is 0 Å². The van der Waals surface area contributed by atoms with Crippen molar-refractivity contribution in [2.75, 3.05) is 20.2 Å². The molecule has 0 spiro atoms. The lowest BCUT2D eigenvalue weighted by molar-refractivity contribution is -0.120. The Labute approximate surface area is 170 Å². The summed E-state index contributed by atoms with van der Waals surface area (Å²) in [5, 5.41) is 11.2. The van der Waals surface area contributed by atoms with Gasteiger partial charge in [0.25, 0.3) is 0 Å². The zero-order valence-corrected chi connectivity index (χ0v) is 16.6. The van der Waals surface area contributed by atoms with E-state index in [9.17, 15) is 4.79 Å². The minimum atomic E-state index is 0.0149. The van der Waals surface area contributed by atoms with Gasteiger partial charge in [-0.15, -0.1) is 0 Å². The van der Waals surface area contributed by atoms with E-state index in [1.54, 1.807) is 7.11 Å². The molecule has 2 heterocycles. The van der Waals surface area contributed by atoms with Crippen molar-refractivity contribution in [1.29, 1.82) is 0 Å². The van der Waals surface area contributed by atoms with E-state index in [-0.39, 0.29) is 5.91 Å². The summed E-state index contributed by atoms with van der Waals surface area (Å²) in [4.78, 5) is 12.6. The number of nitrogens with one attached hydrogen (secondary N) is 2. The lowest BCUT2D eigenvalue weighted by atomic mass is 10.1. The summed E-state index contributed by atoms with van der Waals surface area (Å²) in [5.41, 5.74) is 3.63. The first-order valence-corrected chi connectivity index (χ1v) is 10.0. The Bertz CT molecular complexity index is 945. The first-order valence-electron chi connectivity index (χ1n) is 10.0. The normalized spacial score (nSPS) is 16.0. The predicted molar refractivity (Wildman–Crippen MR) is 113 cm³/mol. The molecule has 1 aliphatic rings. The third-order valence-corrected chi connectivity index (χ3v) is 5.23. The standard InChI is InChI=1S/C23H26N4O2/c1-29-21-11-9-17(10-12-21)23-18(14-22(28)25-15-19-6-5-13-24-19)16-27(26-23)20-7-3-2-4-8-20/h2-4,7-12,16,19,24H,5-6,13-15H2,1H3,(H,25,28). The van der Waals surface area contributed by atoms with E-state index in [0.717, 1.165) is 41.2 Å². The number of rotatable bonds is 7. The maximum Gasteiger partial charge on any atom is 0.224 e. The first-order chi connectivity index (χ1) is 14.2. The molecular weight excluding hydrogens is 364 g/mol. The summed E-state index contributed by atoms with van der Waals surface area (Å²) in [7, 11) is 1.65. The second kappa shape index (κ2) is 8.92. The summed E-state index contributed by atoms with van der Waals surface area (Å²) < 4.78 is 7.09. The van der Waals surface area contributed by atoms with E-state index in [1.165, 1.54) is 6.42 Å². The minimum absolute atomic E-state index is 0.0149. The van der Waals surface area contributed by atoms with Gasteiger partial charge in [0.1, 0.15) is 5.75 Å². The van der Waals surface area contributed by atoms with Crippen molar-refractivity contribution in [2.24, 2.45) is 0 Å². The van der Waals surface area contributed by atoms with Crippen LogP contribution >= 0.6 is 0 Å². The molecule has 4 rings (SSSR count). The van der Waals surface area contributed by atoms with Gasteiger partial charge in [-0.2, -0.15) is 5.10 Å². The molecule has 6 nitrogen and oxygen atoms in total. The third kappa shape index (κ3) is 4.66. The molecule has 1 aromatic heterocycles. The number of nitrogens with zero attached hydrogens (tertiary/aromatic N) is 2. The zero-order valence-electron chi connectivity index (χ0n) is 16.6. The number of carbonyl (C=O) groups is 1. The maximum atomic E-state index is 12.6. The number of benzene rings is 2. The summed E-state index contributed by atoms with van der Waals surface area (Å²) >= 11 is 0. The molecular formula is C23H26N4O2. The average molecular weight is 390 g/mol. The highest BCUT2D eigenvalue weighted by Gasteiger charge is 2.18. The highest BCUT2D eigenvalue weighted by atomic mass is 16.5. The molecule has 29 heavy (non-hydrogen) atoms. The molecule has 1 unspecified atom stereocenters. The van der Waals surface area contributed by atoms with Crippen molar-refractivity contribution in [3.63, 3.8) is 0 Å². The third-order valence-electron chi connectivity index (χ3n) is 5.23. The molecule has 150 valence electrons. The molecule has 0 saturated carbocycles. The lowest BCUT2D eigenvalue weighted by Gasteiger charge is -2.11. The van der Waals surface area contributed by atoms with Crippen molar-refractivity contribution >= 4 is 5.91 Å². The SMILES string of the molecule is COc1ccc(-c2nn(-c3ccccc3)cc2CC(=O)NCC2CCCN2)cc1. The minimum Gasteiger partial charge on any atom is -0.497 e. The molecule has 0 bridgehead atoms. The van der Waals surface area contributed by atoms with Gasteiger partial charge >= 0.3 is 0 Å². The molecule has 1 saturated heterocycles. The van der Waals surface area contributed by atoms with Gasteiger partial charge in [0, 0.05) is 29.9 Å². The Morgan fingerprint density at radius 1 is 1.21 bits per heavy atom. The fraction of sp³-hybridized carbons (Fsp3) is 0.304. The van der Waals surface area contributed by atoms with Crippen LogP contribution in [0.4, 0.5) is 0 Å². The van der Waals surface area contributed by atoms with E-state index in [1.807, 2.05) is 65.5 Å². The second-order valence-corrected chi connectivity index (χ2v) is 7.29. The van der Waals surface area contributed by atoms with Crippen molar-refractivity contribution in [1.82, 2.24) is 20.4 Å². The maximum absolute atomic E-state index is 12.6. The number of hydrogen-bond acceptors (Lipinski definition) is 4. The number of amides is 1. The van der Waals surface area contributed by atoms with Gasteiger partial charge in [0.15, 0.2) is 0 Å². The fourth-order valence-electron chi connectivity index (χ4n) is 3.65. The molecule has 1 aliphatic heterocycles. The van der Waals surface area contributed by atoms with Gasteiger partial charge in [-0.05, 0) is 55.8 Å². The van der Waals surface area contributed by atoms with Crippen LogP contribution in [0.5, 0.6) is 5.75 Å². The quantitative estimate of drug-likeness (QED) is 0.651. The van der Waals surface area contributed by atoms with Gasteiger partial charge in [-0.1, -0.05) is 18.2 Å². The summed E-state index contributed by atoms with van der Waals surface area (Å²) in [6.07, 6.45) is 4.53. The van der Waals surface area contributed by atoms with Crippen LogP contribution in [0.15, 0.2) is 60.8 Å². The van der Waals surface area contributed by atoms with Crippen molar-refractivity contribution in [2.45, 2.75) is 25.3 Å². The Morgan fingerprint density at radius 2 is 2.00 bits per heavy atom. The molecule has 0 radical (unpaired) electrons. The van der Waals surface area contributed by atoms with Crippen LogP contribution in [-0.2, 0) is 11.2 Å². The van der Waals surface area contributed by atoms with Gasteiger partial charge in [0.05, 0.1) is 24.9 Å². The number of methoxy groups -OCH3 is 1. The van der Waals surface area contributed by atoms with Crippen molar-refractivity contribution in [3.05, 3.63) is 66.4 Å². The van der Waals surface area contributed by atoms with Gasteiger partial charge < -0.3 is 15.4 Å². The Morgan fingerprint density at radius 3 is 2.69 bits per heavy atom. The van der Waals surface area contributed by atoms with Crippen LogP contribution in [0.3, 0.4) is 0 Å². The second-order valence-electron chi connectivity index (χ2n) is 7.29. The molecule has 1 atom stereocenters. The molecule has 3 aromatic rings. The van der Waals surface area contributed by atoms with Crippen molar-refractivity contribution < 1.29 is 9.53 Å². The molecule has 2 aromatic carbocycles. The summed E-state index contributed by atoms with van der Waals surface area (Å²) in [6.45, 7) is 1.70. The Balaban J connectivity index is 1.57. The average Bonchev–Trinajstić information content (AvgIpc) is 3.43. The topological polar surface area (TPSA) is 68.2 Å². The smallest absolute Gasteiger partial charge is 0.224 e. The number of aromatic nitrogens is 2. The number of ether oxygens (including phenoxy) is 1.